The van der Waals surface area contributed by atoms with Gasteiger partial charge < -0.3 is 14.4 Å². The van der Waals surface area contributed by atoms with Gasteiger partial charge in [0.05, 0.1) is 5.52 Å². The third kappa shape index (κ3) is 2.87. The predicted molar refractivity (Wildman–Crippen MR) is 70.0 cm³/mol. The fraction of sp³-hybridized carbons (Fsp3) is 0.333. The molecule has 2 aromatic rings. The molecule has 0 bridgehead atoms. The summed E-state index contributed by atoms with van der Waals surface area (Å²) in [6.07, 6.45) is 2.58. The molecule has 7 heteroatoms. The monoisotopic (exact) mass is 261 g/mol. The number of carbonyl (C=O) groups excluding carboxylic acids is 1. The molecule has 1 radical (unpaired) electrons. The van der Waals surface area contributed by atoms with Gasteiger partial charge in [0.2, 0.25) is 0 Å². The maximum absolute atomic E-state index is 12.2. The van der Waals surface area contributed by atoms with Gasteiger partial charge in [-0.3, -0.25) is 4.98 Å². The van der Waals surface area contributed by atoms with Crippen molar-refractivity contribution in [2.45, 2.75) is 26.4 Å². The Bertz CT molecular complexity index is 603. The van der Waals surface area contributed by atoms with E-state index < -0.39 is 11.7 Å². The molecule has 0 aromatic carbocycles. The normalized spacial score (nSPS) is 11.4. The Morgan fingerprint density at radius 2 is 2.21 bits per heavy atom. The third-order valence-corrected chi connectivity index (χ3v) is 2.32. The standard InChI is InChI=1S/C12H14BN2O4/c1-12(2,3)18-11(16)15-9-4-5-14-7-8(9)6-10(15)19-13-17/h4-7,17H,1-3H3. The molecule has 0 saturated carbocycles. The lowest BCUT2D eigenvalue weighted by molar-refractivity contribution is 0.0537. The molecule has 0 amide bonds. The Balaban J connectivity index is 2.50. The fourth-order valence-electron chi connectivity index (χ4n) is 1.67. The topological polar surface area (TPSA) is 73.6 Å². The second kappa shape index (κ2) is 4.93. The van der Waals surface area contributed by atoms with E-state index in [4.69, 9.17) is 14.4 Å². The first-order valence-electron chi connectivity index (χ1n) is 5.74. The van der Waals surface area contributed by atoms with Crippen LogP contribution in [-0.4, -0.2) is 34.0 Å². The highest BCUT2D eigenvalue weighted by atomic mass is 16.6. The maximum atomic E-state index is 12.2. The van der Waals surface area contributed by atoms with Gasteiger partial charge in [0.1, 0.15) is 5.60 Å². The Hall–Kier alpha value is -2.02. The molecular formula is C12H14BN2O4. The fourth-order valence-corrected chi connectivity index (χ4v) is 1.67. The lowest BCUT2D eigenvalue weighted by Gasteiger charge is -2.20. The minimum atomic E-state index is -0.624. The Morgan fingerprint density at radius 3 is 2.84 bits per heavy atom. The first kappa shape index (κ1) is 13.4. The Kier molecular flexibility index (Phi) is 3.48. The van der Waals surface area contributed by atoms with Gasteiger partial charge in [0.15, 0.2) is 5.88 Å². The van der Waals surface area contributed by atoms with E-state index in [2.05, 4.69) is 4.98 Å². The molecular weight excluding hydrogens is 247 g/mol. The molecule has 0 fully saturated rings. The molecule has 2 heterocycles. The van der Waals surface area contributed by atoms with Crippen molar-refractivity contribution in [2.24, 2.45) is 0 Å². The molecule has 99 valence electrons. The van der Waals surface area contributed by atoms with Crippen molar-refractivity contribution >= 4 is 24.7 Å². The zero-order valence-electron chi connectivity index (χ0n) is 11.0. The van der Waals surface area contributed by atoms with Crippen LogP contribution in [0.15, 0.2) is 24.5 Å². The molecule has 0 spiro atoms. The SMILES string of the molecule is CC(C)(C)OC(=O)n1c(O[B]O)cc2cnccc21. The van der Waals surface area contributed by atoms with Gasteiger partial charge in [0, 0.05) is 23.8 Å². The zero-order valence-corrected chi connectivity index (χ0v) is 11.0. The van der Waals surface area contributed by atoms with Crippen LogP contribution in [0.2, 0.25) is 0 Å². The van der Waals surface area contributed by atoms with E-state index in [1.54, 1.807) is 45.3 Å². The van der Waals surface area contributed by atoms with Crippen molar-refractivity contribution in [3.63, 3.8) is 0 Å². The van der Waals surface area contributed by atoms with Crippen molar-refractivity contribution in [1.82, 2.24) is 9.55 Å². The van der Waals surface area contributed by atoms with E-state index in [9.17, 15) is 4.79 Å². The quantitative estimate of drug-likeness (QED) is 0.833. The number of aromatic nitrogens is 2. The lowest BCUT2D eigenvalue weighted by Crippen LogP contribution is -2.27. The summed E-state index contributed by atoms with van der Waals surface area (Å²) in [5.74, 6) is 0.166. The average molecular weight is 261 g/mol. The average Bonchev–Trinajstić information content (AvgIpc) is 2.65. The van der Waals surface area contributed by atoms with Crippen LogP contribution >= 0.6 is 0 Å². The number of hydrogen-bond acceptors (Lipinski definition) is 5. The first-order chi connectivity index (χ1) is 8.92. The van der Waals surface area contributed by atoms with Gasteiger partial charge in [-0.15, -0.1) is 0 Å². The number of hydrogen-bond donors (Lipinski definition) is 1. The Morgan fingerprint density at radius 1 is 1.47 bits per heavy atom. The molecule has 2 aromatic heterocycles. The number of pyridine rings is 1. The lowest BCUT2D eigenvalue weighted by atomic mass is 10.2. The van der Waals surface area contributed by atoms with Crippen LogP contribution < -0.4 is 4.65 Å². The smallest absolute Gasteiger partial charge is 0.524 e. The van der Waals surface area contributed by atoms with Crippen LogP contribution in [0.3, 0.4) is 0 Å². The molecule has 2 rings (SSSR count). The van der Waals surface area contributed by atoms with Gasteiger partial charge in [-0.2, -0.15) is 0 Å². The van der Waals surface area contributed by atoms with Crippen molar-refractivity contribution in [3.05, 3.63) is 24.5 Å². The molecule has 6 nitrogen and oxygen atoms in total. The Labute approximate surface area is 111 Å². The van der Waals surface area contributed by atoms with Gasteiger partial charge >= 0.3 is 13.8 Å². The van der Waals surface area contributed by atoms with Crippen molar-refractivity contribution in [1.29, 1.82) is 0 Å². The van der Waals surface area contributed by atoms with Crippen LogP contribution in [0.25, 0.3) is 10.9 Å². The summed E-state index contributed by atoms with van der Waals surface area (Å²) in [7, 11) is 0.516. The number of carbonyl (C=O) groups is 1. The molecule has 0 unspecified atom stereocenters. The van der Waals surface area contributed by atoms with Gasteiger partial charge in [-0.1, -0.05) is 0 Å². The molecule has 0 aliphatic rings. The summed E-state index contributed by atoms with van der Waals surface area (Å²) in [5, 5.41) is 9.47. The van der Waals surface area contributed by atoms with Gasteiger partial charge in [-0.05, 0) is 26.8 Å². The third-order valence-electron chi connectivity index (χ3n) is 2.32. The number of nitrogens with zero attached hydrogens (tertiary/aromatic N) is 2. The van der Waals surface area contributed by atoms with E-state index in [-0.39, 0.29) is 5.88 Å². The summed E-state index contributed by atoms with van der Waals surface area (Å²) in [6.45, 7) is 5.32. The van der Waals surface area contributed by atoms with Crippen LogP contribution in [0.1, 0.15) is 20.8 Å². The van der Waals surface area contributed by atoms with Crippen LogP contribution in [0.5, 0.6) is 5.88 Å². The number of rotatable bonds is 2. The summed E-state index contributed by atoms with van der Waals surface area (Å²) >= 11 is 0. The van der Waals surface area contributed by atoms with E-state index >= 15 is 0 Å². The van der Waals surface area contributed by atoms with E-state index in [0.29, 0.717) is 18.6 Å². The predicted octanol–water partition coefficient (Wildman–Crippen LogP) is 1.72. The second-order valence-electron chi connectivity index (χ2n) is 4.96. The minimum absolute atomic E-state index is 0.166. The van der Waals surface area contributed by atoms with Crippen LogP contribution in [0, 0.1) is 0 Å². The highest BCUT2D eigenvalue weighted by Gasteiger charge is 2.22. The van der Waals surface area contributed by atoms with Crippen molar-refractivity contribution in [2.75, 3.05) is 0 Å². The first-order valence-corrected chi connectivity index (χ1v) is 5.74. The number of fused-ring (bicyclic) bond motifs is 1. The molecule has 0 aliphatic carbocycles. The van der Waals surface area contributed by atoms with Gasteiger partial charge in [-0.25, -0.2) is 9.36 Å². The highest BCUT2D eigenvalue weighted by Crippen LogP contribution is 2.25. The maximum Gasteiger partial charge on any atom is 0.570 e. The van der Waals surface area contributed by atoms with Gasteiger partial charge in [0.25, 0.3) is 0 Å². The van der Waals surface area contributed by atoms with E-state index in [0.717, 1.165) is 0 Å². The van der Waals surface area contributed by atoms with Crippen molar-refractivity contribution < 1.29 is 19.2 Å². The highest BCUT2D eigenvalue weighted by molar-refractivity contribution is 6.17. The summed E-state index contributed by atoms with van der Waals surface area (Å²) in [5.41, 5.74) is -0.0259. The molecule has 0 atom stereocenters. The molecule has 19 heavy (non-hydrogen) atoms. The summed E-state index contributed by atoms with van der Waals surface area (Å²) < 4.78 is 11.5. The second-order valence-corrected chi connectivity index (χ2v) is 4.96. The zero-order chi connectivity index (χ0) is 14.0. The van der Waals surface area contributed by atoms with Crippen LogP contribution in [-0.2, 0) is 4.74 Å². The minimum Gasteiger partial charge on any atom is -0.524 e. The summed E-state index contributed by atoms with van der Waals surface area (Å²) in [6, 6.07) is 3.27. The van der Waals surface area contributed by atoms with E-state index in [1.165, 1.54) is 4.57 Å². The molecule has 1 N–H and O–H groups in total. The van der Waals surface area contributed by atoms with Crippen LogP contribution in [0.4, 0.5) is 4.79 Å². The molecule has 0 aliphatic heterocycles. The summed E-state index contributed by atoms with van der Waals surface area (Å²) in [4.78, 5) is 16.1. The number of ether oxygens (including phenoxy) is 1. The van der Waals surface area contributed by atoms with E-state index in [1.807, 2.05) is 0 Å². The van der Waals surface area contributed by atoms with Crippen molar-refractivity contribution in [3.8, 4) is 5.88 Å². The molecule has 0 saturated heterocycles. The largest absolute Gasteiger partial charge is 0.570 e.